The Kier molecular flexibility index (Phi) is 3.61. The third-order valence-electron chi connectivity index (χ3n) is 3.81. The fourth-order valence-electron chi connectivity index (χ4n) is 2.49. The Bertz CT molecular complexity index is 1030. The molecule has 0 saturated carbocycles. The number of oxazole rings is 2. The average Bonchev–Trinajstić information content (AvgIpc) is 3.16. The van der Waals surface area contributed by atoms with E-state index in [1.807, 2.05) is 36.4 Å². The monoisotopic (exact) mass is 336 g/mol. The number of aromatic nitrogens is 2. The van der Waals surface area contributed by atoms with E-state index in [1.165, 1.54) is 0 Å². The van der Waals surface area contributed by atoms with Crippen LogP contribution in [0.1, 0.15) is 5.56 Å². The summed E-state index contributed by atoms with van der Waals surface area (Å²) in [5.74, 6) is 0.0349. The Labute approximate surface area is 143 Å². The first-order valence-corrected chi connectivity index (χ1v) is 7.81. The number of anilines is 2. The van der Waals surface area contributed by atoms with E-state index in [0.717, 1.165) is 11.1 Å². The second-order valence-electron chi connectivity index (χ2n) is 5.90. The van der Waals surface area contributed by atoms with Gasteiger partial charge in [-0.2, -0.15) is 9.97 Å². The molecule has 126 valence electrons. The summed E-state index contributed by atoms with van der Waals surface area (Å²) >= 11 is 0. The number of nitrogens with zero attached hydrogens (tertiary/aromatic N) is 3. The van der Waals surface area contributed by atoms with Crippen LogP contribution in [-0.4, -0.2) is 34.9 Å². The Morgan fingerprint density at radius 1 is 1.00 bits per heavy atom. The van der Waals surface area contributed by atoms with Crippen LogP contribution >= 0.6 is 0 Å². The number of para-hydroxylation sites is 2. The van der Waals surface area contributed by atoms with E-state index in [-0.39, 0.29) is 11.9 Å². The number of benzene rings is 2. The van der Waals surface area contributed by atoms with Crippen LogP contribution in [0, 0.1) is 0 Å². The topological polar surface area (TPSA) is 84.4 Å². The Balaban J connectivity index is 1.59. The van der Waals surface area contributed by atoms with Crippen LogP contribution in [0.5, 0.6) is 0 Å². The molecule has 0 radical (unpaired) electrons. The average molecular weight is 336 g/mol. The molecule has 2 heterocycles. The lowest BCUT2D eigenvalue weighted by Crippen LogP contribution is -2.23. The third kappa shape index (κ3) is 3.03. The smallest absolute Gasteiger partial charge is 0.303 e. The number of carbonyl (C=O) groups excluding carboxylic acids is 1. The summed E-state index contributed by atoms with van der Waals surface area (Å²) in [4.78, 5) is 22.1. The molecule has 4 rings (SSSR count). The summed E-state index contributed by atoms with van der Waals surface area (Å²) in [6, 6.07) is 13.6. The largest absolute Gasteiger partial charge is 0.423 e. The second kappa shape index (κ2) is 5.94. The maximum Gasteiger partial charge on any atom is 0.303 e. The van der Waals surface area contributed by atoms with Gasteiger partial charge in [-0.05, 0) is 29.8 Å². The lowest BCUT2D eigenvalue weighted by Gasteiger charge is -2.09. The first kappa shape index (κ1) is 15.2. The minimum atomic E-state index is 0.0349. The van der Waals surface area contributed by atoms with Gasteiger partial charge in [0, 0.05) is 14.1 Å². The summed E-state index contributed by atoms with van der Waals surface area (Å²) in [7, 11) is 3.47. The van der Waals surface area contributed by atoms with E-state index in [0.29, 0.717) is 29.1 Å². The number of hydrogen-bond donors (Lipinski definition) is 1. The molecule has 0 aliphatic heterocycles. The van der Waals surface area contributed by atoms with Crippen molar-refractivity contribution in [1.29, 1.82) is 0 Å². The molecule has 0 unspecified atom stereocenters. The van der Waals surface area contributed by atoms with E-state index in [2.05, 4.69) is 15.3 Å². The SMILES string of the molecule is CN(C)C(=O)Cc1ccc2oc(Nc3nc4ccccc4o3)nc2c1. The highest BCUT2D eigenvalue weighted by Crippen LogP contribution is 2.25. The zero-order chi connectivity index (χ0) is 17.4. The number of amides is 1. The van der Waals surface area contributed by atoms with E-state index in [1.54, 1.807) is 25.1 Å². The van der Waals surface area contributed by atoms with Gasteiger partial charge in [0.05, 0.1) is 6.42 Å². The van der Waals surface area contributed by atoms with E-state index >= 15 is 0 Å². The molecule has 25 heavy (non-hydrogen) atoms. The quantitative estimate of drug-likeness (QED) is 0.615. The molecule has 0 bridgehead atoms. The molecule has 7 nitrogen and oxygen atoms in total. The Morgan fingerprint density at radius 2 is 1.68 bits per heavy atom. The van der Waals surface area contributed by atoms with Gasteiger partial charge in [-0.3, -0.25) is 10.1 Å². The van der Waals surface area contributed by atoms with Gasteiger partial charge in [-0.1, -0.05) is 18.2 Å². The Hall–Kier alpha value is -3.35. The van der Waals surface area contributed by atoms with Crippen molar-refractivity contribution in [2.75, 3.05) is 19.4 Å². The first-order valence-electron chi connectivity index (χ1n) is 7.81. The molecule has 0 atom stereocenters. The fourth-order valence-corrected chi connectivity index (χ4v) is 2.49. The van der Waals surface area contributed by atoms with Crippen LogP contribution in [0.25, 0.3) is 22.2 Å². The summed E-state index contributed by atoms with van der Waals surface area (Å²) in [5, 5.41) is 2.93. The second-order valence-corrected chi connectivity index (χ2v) is 5.90. The van der Waals surface area contributed by atoms with Crippen molar-refractivity contribution < 1.29 is 13.6 Å². The van der Waals surface area contributed by atoms with Crippen molar-refractivity contribution in [3.05, 3.63) is 48.0 Å². The molecule has 1 amide bonds. The summed E-state index contributed by atoms with van der Waals surface area (Å²) in [6.45, 7) is 0. The van der Waals surface area contributed by atoms with Crippen LogP contribution in [0.4, 0.5) is 12.0 Å². The van der Waals surface area contributed by atoms with E-state index in [4.69, 9.17) is 8.83 Å². The predicted octanol–water partition coefficient (Wildman–Crippen LogP) is 3.34. The molecule has 0 saturated heterocycles. The summed E-state index contributed by atoms with van der Waals surface area (Å²) in [6.07, 6.45) is 0.323. The number of carbonyl (C=O) groups is 1. The fraction of sp³-hybridized carbons (Fsp3) is 0.167. The predicted molar refractivity (Wildman–Crippen MR) is 93.7 cm³/mol. The molecule has 7 heteroatoms. The summed E-state index contributed by atoms with van der Waals surface area (Å²) < 4.78 is 11.3. The van der Waals surface area contributed by atoms with Crippen molar-refractivity contribution in [3.8, 4) is 0 Å². The molecule has 1 N–H and O–H groups in total. The van der Waals surface area contributed by atoms with Crippen molar-refractivity contribution >= 4 is 40.1 Å². The number of hydrogen-bond acceptors (Lipinski definition) is 6. The number of rotatable bonds is 4. The highest BCUT2D eigenvalue weighted by Gasteiger charge is 2.12. The van der Waals surface area contributed by atoms with Gasteiger partial charge in [-0.15, -0.1) is 0 Å². The van der Waals surface area contributed by atoms with Crippen LogP contribution in [-0.2, 0) is 11.2 Å². The van der Waals surface area contributed by atoms with Gasteiger partial charge in [0.25, 0.3) is 0 Å². The number of fused-ring (bicyclic) bond motifs is 2. The molecular weight excluding hydrogens is 320 g/mol. The molecule has 4 aromatic rings. The van der Waals surface area contributed by atoms with Crippen LogP contribution in [0.2, 0.25) is 0 Å². The normalized spacial score (nSPS) is 11.1. The van der Waals surface area contributed by atoms with Crippen molar-refractivity contribution in [3.63, 3.8) is 0 Å². The molecule has 0 aliphatic carbocycles. The van der Waals surface area contributed by atoms with Crippen molar-refractivity contribution in [2.24, 2.45) is 0 Å². The van der Waals surface area contributed by atoms with Gasteiger partial charge in [0.2, 0.25) is 5.91 Å². The molecule has 0 fully saturated rings. The number of nitrogens with one attached hydrogen (secondary N) is 1. The van der Waals surface area contributed by atoms with Crippen LogP contribution < -0.4 is 5.32 Å². The minimum absolute atomic E-state index is 0.0349. The molecular formula is C18H16N4O3. The highest BCUT2D eigenvalue weighted by atomic mass is 16.4. The molecule has 2 aromatic heterocycles. The number of likely N-dealkylation sites (N-methyl/N-ethyl adjacent to an activating group) is 1. The van der Waals surface area contributed by atoms with Gasteiger partial charge in [0.1, 0.15) is 11.0 Å². The summed E-state index contributed by atoms with van der Waals surface area (Å²) in [5.41, 5.74) is 3.62. The standard InChI is InChI=1S/C18H16N4O3/c1-22(2)16(23)10-11-7-8-15-13(9-11)20-18(25-15)21-17-19-12-5-3-4-6-14(12)24-17/h3-9H,10H2,1-2H3,(H,19,20,21). The van der Waals surface area contributed by atoms with Gasteiger partial charge >= 0.3 is 12.0 Å². The molecule has 2 aromatic carbocycles. The maximum atomic E-state index is 11.8. The minimum Gasteiger partial charge on any atom is -0.423 e. The molecule has 0 aliphatic rings. The van der Waals surface area contributed by atoms with Crippen LogP contribution in [0.3, 0.4) is 0 Å². The van der Waals surface area contributed by atoms with Crippen LogP contribution in [0.15, 0.2) is 51.3 Å². The first-order chi connectivity index (χ1) is 12.1. The highest BCUT2D eigenvalue weighted by molar-refractivity contribution is 5.81. The van der Waals surface area contributed by atoms with Gasteiger partial charge in [0.15, 0.2) is 11.2 Å². The zero-order valence-electron chi connectivity index (χ0n) is 13.8. The van der Waals surface area contributed by atoms with E-state index < -0.39 is 0 Å². The van der Waals surface area contributed by atoms with Crippen molar-refractivity contribution in [2.45, 2.75) is 6.42 Å². The van der Waals surface area contributed by atoms with E-state index in [9.17, 15) is 4.79 Å². The van der Waals surface area contributed by atoms with Gasteiger partial charge < -0.3 is 13.7 Å². The zero-order valence-corrected chi connectivity index (χ0v) is 13.8. The lowest BCUT2D eigenvalue weighted by atomic mass is 10.1. The lowest BCUT2D eigenvalue weighted by molar-refractivity contribution is -0.127. The Morgan fingerprint density at radius 3 is 2.40 bits per heavy atom. The molecule has 0 spiro atoms. The maximum absolute atomic E-state index is 11.8. The third-order valence-corrected chi connectivity index (χ3v) is 3.81. The van der Waals surface area contributed by atoms with Gasteiger partial charge in [-0.25, -0.2) is 0 Å². The van der Waals surface area contributed by atoms with Crippen molar-refractivity contribution in [1.82, 2.24) is 14.9 Å².